The smallest absolute Gasteiger partial charge is 0.277 e. The fourth-order valence-corrected chi connectivity index (χ4v) is 3.86. The number of imidazole rings is 1. The van der Waals surface area contributed by atoms with Gasteiger partial charge in [0.15, 0.2) is 11.3 Å². The Balaban J connectivity index is 1.93. The summed E-state index contributed by atoms with van der Waals surface area (Å²) in [5, 5.41) is 4.78. The second kappa shape index (κ2) is 6.94. The topological polar surface area (TPSA) is 72.3 Å². The van der Waals surface area contributed by atoms with E-state index in [1.165, 1.54) is 12.8 Å². The van der Waals surface area contributed by atoms with E-state index in [1.807, 2.05) is 38.1 Å². The summed E-state index contributed by atoms with van der Waals surface area (Å²) in [4.78, 5) is 20.6. The maximum absolute atomic E-state index is 12.9. The third-order valence-electron chi connectivity index (χ3n) is 5.10. The standard InChI is InChI=1S/C20H24N4O2/c1-3-15-17-20(25)22-18(14-11-7-8-12-16(14)26-4-2)23-24(17)19(21-15)13-9-5-6-10-13/h7-8,11-13H,3-6,9-10H2,1-2H3,(H,22,23,25). The predicted molar refractivity (Wildman–Crippen MR) is 101 cm³/mol. The third kappa shape index (κ3) is 2.79. The Morgan fingerprint density at radius 2 is 2.00 bits per heavy atom. The van der Waals surface area contributed by atoms with E-state index >= 15 is 0 Å². The summed E-state index contributed by atoms with van der Waals surface area (Å²) in [6.45, 7) is 4.53. The van der Waals surface area contributed by atoms with Gasteiger partial charge >= 0.3 is 0 Å². The molecule has 1 saturated carbocycles. The van der Waals surface area contributed by atoms with Gasteiger partial charge in [0.2, 0.25) is 0 Å². The number of fused-ring (bicyclic) bond motifs is 1. The van der Waals surface area contributed by atoms with Gasteiger partial charge in [0.05, 0.1) is 17.9 Å². The normalized spacial score (nSPS) is 15.0. The van der Waals surface area contributed by atoms with Crippen molar-refractivity contribution in [1.82, 2.24) is 19.6 Å². The molecule has 0 bridgehead atoms. The number of aryl methyl sites for hydroxylation is 1. The van der Waals surface area contributed by atoms with Crippen LogP contribution < -0.4 is 10.3 Å². The zero-order valence-corrected chi connectivity index (χ0v) is 15.3. The van der Waals surface area contributed by atoms with Crippen molar-refractivity contribution < 1.29 is 4.74 Å². The first-order valence-corrected chi connectivity index (χ1v) is 9.47. The molecule has 0 amide bonds. The van der Waals surface area contributed by atoms with Crippen molar-refractivity contribution >= 4 is 5.52 Å². The number of H-pyrrole nitrogens is 1. The van der Waals surface area contributed by atoms with Crippen molar-refractivity contribution in [3.8, 4) is 17.1 Å². The van der Waals surface area contributed by atoms with Crippen molar-refractivity contribution in [3.05, 3.63) is 46.1 Å². The molecule has 0 radical (unpaired) electrons. The third-order valence-corrected chi connectivity index (χ3v) is 5.10. The molecule has 2 aromatic heterocycles. The van der Waals surface area contributed by atoms with E-state index < -0.39 is 0 Å². The molecule has 0 saturated heterocycles. The van der Waals surface area contributed by atoms with Gasteiger partial charge in [0, 0.05) is 5.92 Å². The maximum atomic E-state index is 12.9. The molecule has 0 unspecified atom stereocenters. The molecule has 1 aliphatic rings. The summed E-state index contributed by atoms with van der Waals surface area (Å²) in [5.74, 6) is 2.55. The Hall–Kier alpha value is -2.63. The van der Waals surface area contributed by atoms with Crippen LogP contribution in [0, 0.1) is 0 Å². The van der Waals surface area contributed by atoms with E-state index in [0.29, 0.717) is 23.9 Å². The number of aromatic nitrogens is 4. The Morgan fingerprint density at radius 1 is 1.23 bits per heavy atom. The molecule has 136 valence electrons. The van der Waals surface area contributed by atoms with Gasteiger partial charge in [0.25, 0.3) is 5.56 Å². The number of para-hydroxylation sites is 1. The molecule has 1 N–H and O–H groups in total. The quantitative estimate of drug-likeness (QED) is 0.760. The summed E-state index contributed by atoms with van der Waals surface area (Å²) in [6, 6.07) is 7.65. The van der Waals surface area contributed by atoms with E-state index in [2.05, 4.69) is 4.98 Å². The number of hydrogen-bond acceptors (Lipinski definition) is 4. The zero-order valence-electron chi connectivity index (χ0n) is 15.3. The van der Waals surface area contributed by atoms with Crippen molar-refractivity contribution in [3.63, 3.8) is 0 Å². The fourth-order valence-electron chi connectivity index (χ4n) is 3.86. The summed E-state index contributed by atoms with van der Waals surface area (Å²) in [7, 11) is 0. The largest absolute Gasteiger partial charge is 0.493 e. The van der Waals surface area contributed by atoms with Gasteiger partial charge in [-0.1, -0.05) is 31.9 Å². The van der Waals surface area contributed by atoms with E-state index in [1.54, 1.807) is 4.52 Å². The minimum absolute atomic E-state index is 0.144. The molecule has 6 heteroatoms. The first-order valence-electron chi connectivity index (χ1n) is 9.47. The summed E-state index contributed by atoms with van der Waals surface area (Å²) in [6.07, 6.45) is 5.37. The average molecular weight is 352 g/mol. The highest BCUT2D eigenvalue weighted by Crippen LogP contribution is 2.34. The molecule has 2 heterocycles. The van der Waals surface area contributed by atoms with Crippen LogP contribution in [0.2, 0.25) is 0 Å². The predicted octanol–water partition coefficient (Wildman–Crippen LogP) is 3.70. The minimum Gasteiger partial charge on any atom is -0.493 e. The van der Waals surface area contributed by atoms with Crippen LogP contribution in [0.3, 0.4) is 0 Å². The number of rotatable bonds is 5. The molecule has 4 rings (SSSR count). The lowest BCUT2D eigenvalue weighted by Gasteiger charge is -2.11. The van der Waals surface area contributed by atoms with Crippen LogP contribution in [0.25, 0.3) is 16.9 Å². The lowest BCUT2D eigenvalue weighted by atomic mass is 10.1. The number of ether oxygens (including phenoxy) is 1. The number of benzene rings is 1. The molecule has 1 fully saturated rings. The van der Waals surface area contributed by atoms with Crippen LogP contribution in [0.15, 0.2) is 29.1 Å². The summed E-state index contributed by atoms with van der Waals surface area (Å²) >= 11 is 0. The molecule has 3 aromatic rings. The van der Waals surface area contributed by atoms with E-state index in [0.717, 1.165) is 42.1 Å². The lowest BCUT2D eigenvalue weighted by Crippen LogP contribution is -2.16. The zero-order chi connectivity index (χ0) is 18.1. The van der Waals surface area contributed by atoms with Crippen LogP contribution in [0.1, 0.15) is 57.0 Å². The Morgan fingerprint density at radius 3 is 2.73 bits per heavy atom. The number of nitrogens with zero attached hydrogens (tertiary/aromatic N) is 3. The lowest BCUT2D eigenvalue weighted by molar-refractivity contribution is 0.341. The first-order chi connectivity index (χ1) is 12.7. The second-order valence-corrected chi connectivity index (χ2v) is 6.74. The van der Waals surface area contributed by atoms with Gasteiger partial charge in [-0.05, 0) is 38.3 Å². The van der Waals surface area contributed by atoms with Crippen LogP contribution in [0.4, 0.5) is 0 Å². The monoisotopic (exact) mass is 352 g/mol. The average Bonchev–Trinajstić information content (AvgIpc) is 3.30. The Labute approximate surface area is 152 Å². The van der Waals surface area contributed by atoms with Crippen molar-refractivity contribution in [2.24, 2.45) is 0 Å². The van der Waals surface area contributed by atoms with Gasteiger partial charge in [-0.25, -0.2) is 9.50 Å². The van der Waals surface area contributed by atoms with Gasteiger partial charge in [-0.3, -0.25) is 4.79 Å². The Kier molecular flexibility index (Phi) is 4.49. The molecule has 1 aliphatic carbocycles. The molecule has 0 atom stereocenters. The summed E-state index contributed by atoms with van der Waals surface area (Å²) in [5.41, 5.74) is 2.05. The van der Waals surface area contributed by atoms with E-state index in [-0.39, 0.29) is 5.56 Å². The number of hydrogen-bond donors (Lipinski definition) is 1. The van der Waals surface area contributed by atoms with Crippen LogP contribution in [-0.4, -0.2) is 26.2 Å². The van der Waals surface area contributed by atoms with Crippen molar-refractivity contribution in [1.29, 1.82) is 0 Å². The second-order valence-electron chi connectivity index (χ2n) is 6.74. The van der Waals surface area contributed by atoms with Gasteiger partial charge in [0.1, 0.15) is 11.6 Å². The van der Waals surface area contributed by atoms with Gasteiger partial charge < -0.3 is 9.72 Å². The molecule has 26 heavy (non-hydrogen) atoms. The van der Waals surface area contributed by atoms with Crippen LogP contribution in [-0.2, 0) is 6.42 Å². The van der Waals surface area contributed by atoms with Crippen LogP contribution >= 0.6 is 0 Å². The SMILES string of the molecule is CCOc1ccccc1-c1nn2c(C3CCCC3)nc(CC)c2c(=O)[nH]1. The van der Waals surface area contributed by atoms with E-state index in [9.17, 15) is 4.79 Å². The molecule has 6 nitrogen and oxygen atoms in total. The number of nitrogens with one attached hydrogen (secondary N) is 1. The molecule has 0 spiro atoms. The minimum atomic E-state index is -0.144. The molecular formula is C20H24N4O2. The van der Waals surface area contributed by atoms with Crippen molar-refractivity contribution in [2.75, 3.05) is 6.61 Å². The highest BCUT2D eigenvalue weighted by atomic mass is 16.5. The highest BCUT2D eigenvalue weighted by Gasteiger charge is 2.25. The first kappa shape index (κ1) is 16.8. The van der Waals surface area contributed by atoms with Crippen LogP contribution in [0.5, 0.6) is 5.75 Å². The Bertz CT molecular complexity index is 983. The summed E-state index contributed by atoms with van der Waals surface area (Å²) < 4.78 is 7.50. The molecule has 1 aromatic carbocycles. The highest BCUT2D eigenvalue weighted by molar-refractivity contribution is 5.65. The molecular weight excluding hydrogens is 328 g/mol. The number of aromatic amines is 1. The van der Waals surface area contributed by atoms with Crippen molar-refractivity contribution in [2.45, 2.75) is 51.9 Å². The maximum Gasteiger partial charge on any atom is 0.277 e. The van der Waals surface area contributed by atoms with E-state index in [4.69, 9.17) is 14.8 Å². The fraction of sp³-hybridized carbons (Fsp3) is 0.450. The van der Waals surface area contributed by atoms with Gasteiger partial charge in [-0.2, -0.15) is 0 Å². The van der Waals surface area contributed by atoms with Gasteiger partial charge in [-0.15, -0.1) is 5.10 Å². The molecule has 0 aliphatic heterocycles.